The lowest BCUT2D eigenvalue weighted by molar-refractivity contribution is -0.148. The lowest BCUT2D eigenvalue weighted by Crippen LogP contribution is -2.48. The minimum atomic E-state index is -1.19. The van der Waals surface area contributed by atoms with Crippen molar-refractivity contribution in [2.45, 2.75) is 32.8 Å². The number of piperidine rings is 1. The largest absolute Gasteiger partial charge is 0.481 e. The van der Waals surface area contributed by atoms with Crippen LogP contribution in [0.25, 0.3) is 0 Å². The molecule has 0 aromatic rings. The molecule has 1 saturated heterocycles. The Balaban J connectivity index is 0.00000289. The minimum absolute atomic E-state index is 0. The van der Waals surface area contributed by atoms with Gasteiger partial charge in [-0.05, 0) is 20.8 Å². The molecule has 7 heteroatoms. The van der Waals surface area contributed by atoms with E-state index in [9.17, 15) is 14.4 Å². The van der Waals surface area contributed by atoms with Gasteiger partial charge in [-0.25, -0.2) is 4.79 Å². The zero-order valence-electron chi connectivity index (χ0n) is 10.6. The molecule has 1 N–H and O–H groups in total. The summed E-state index contributed by atoms with van der Waals surface area (Å²) >= 11 is 0. The molecular weight excluding hydrogens is 262 g/mol. The number of carbonyl (C=O) groups excluding carboxylic acids is 2. The highest BCUT2D eigenvalue weighted by Gasteiger charge is 2.36. The Hall–Kier alpha value is -1.30. The molecule has 0 aromatic heterocycles. The Bertz CT molecular complexity index is 350. The van der Waals surface area contributed by atoms with Crippen LogP contribution < -0.4 is 0 Å². The number of rotatable bonds is 1. The van der Waals surface area contributed by atoms with E-state index in [-0.39, 0.29) is 37.7 Å². The van der Waals surface area contributed by atoms with E-state index < -0.39 is 23.6 Å². The number of halogens is 1. The van der Waals surface area contributed by atoms with Crippen molar-refractivity contribution in [2.75, 3.05) is 13.1 Å². The van der Waals surface area contributed by atoms with Gasteiger partial charge < -0.3 is 14.7 Å². The van der Waals surface area contributed by atoms with Gasteiger partial charge in [0.2, 0.25) is 0 Å². The smallest absolute Gasteiger partial charge is 0.410 e. The van der Waals surface area contributed by atoms with E-state index in [1.807, 2.05) is 0 Å². The van der Waals surface area contributed by atoms with Gasteiger partial charge in [0.05, 0.1) is 0 Å². The second-order valence-electron chi connectivity index (χ2n) is 5.03. The van der Waals surface area contributed by atoms with E-state index in [4.69, 9.17) is 9.84 Å². The van der Waals surface area contributed by atoms with Crippen LogP contribution in [0.2, 0.25) is 0 Å². The predicted octanol–water partition coefficient (Wildman–Crippen LogP) is 1.32. The first-order valence-electron chi connectivity index (χ1n) is 5.44. The van der Waals surface area contributed by atoms with Crippen molar-refractivity contribution in [3.63, 3.8) is 0 Å². The van der Waals surface area contributed by atoms with Gasteiger partial charge >= 0.3 is 12.1 Å². The molecule has 0 aliphatic carbocycles. The highest BCUT2D eigenvalue weighted by molar-refractivity contribution is 5.99. The number of ether oxygens (including phenoxy) is 1. The van der Waals surface area contributed by atoms with Crippen LogP contribution in [-0.4, -0.2) is 46.5 Å². The fourth-order valence-electron chi connectivity index (χ4n) is 1.54. The van der Waals surface area contributed by atoms with Crippen molar-refractivity contribution in [3.05, 3.63) is 0 Å². The molecule has 1 fully saturated rings. The Labute approximate surface area is 112 Å². The summed E-state index contributed by atoms with van der Waals surface area (Å²) < 4.78 is 5.12. The molecule has 0 aromatic carbocycles. The number of carbonyl (C=O) groups is 3. The Morgan fingerprint density at radius 1 is 1.39 bits per heavy atom. The number of Topliss-reactive ketones (excluding diaryl/α,β-unsaturated/α-hetero) is 1. The standard InChI is InChI=1S/C11H17NO5.ClH/c1-11(2,3)17-10(16)12-5-4-8(13)7(6-12)9(14)15;/h7H,4-6H2,1-3H3,(H,14,15);1H. The second-order valence-corrected chi connectivity index (χ2v) is 5.03. The van der Waals surface area contributed by atoms with Crippen LogP contribution in [0.4, 0.5) is 4.79 Å². The predicted molar refractivity (Wildman–Crippen MR) is 65.8 cm³/mol. The minimum Gasteiger partial charge on any atom is -0.481 e. The maximum Gasteiger partial charge on any atom is 0.410 e. The van der Waals surface area contributed by atoms with Gasteiger partial charge in [-0.15, -0.1) is 12.4 Å². The van der Waals surface area contributed by atoms with E-state index in [1.54, 1.807) is 20.8 Å². The summed E-state index contributed by atoms with van der Waals surface area (Å²) in [6, 6.07) is 0. The number of nitrogens with zero attached hydrogens (tertiary/aromatic N) is 1. The number of ketones is 1. The topological polar surface area (TPSA) is 83.9 Å². The third-order valence-electron chi connectivity index (χ3n) is 2.37. The van der Waals surface area contributed by atoms with Crippen molar-refractivity contribution in [3.8, 4) is 0 Å². The van der Waals surface area contributed by atoms with E-state index in [0.717, 1.165) is 0 Å². The molecule has 1 unspecified atom stereocenters. The van der Waals surface area contributed by atoms with Crippen LogP contribution in [-0.2, 0) is 14.3 Å². The monoisotopic (exact) mass is 279 g/mol. The van der Waals surface area contributed by atoms with Gasteiger partial charge in [-0.3, -0.25) is 9.59 Å². The van der Waals surface area contributed by atoms with Crippen molar-refractivity contribution < 1.29 is 24.2 Å². The van der Waals surface area contributed by atoms with E-state index in [0.29, 0.717) is 0 Å². The summed E-state index contributed by atoms with van der Waals surface area (Å²) in [5.74, 6) is -2.66. The summed E-state index contributed by atoms with van der Waals surface area (Å²) in [6.07, 6.45) is -0.507. The Morgan fingerprint density at radius 3 is 2.39 bits per heavy atom. The molecule has 1 aliphatic heterocycles. The molecule has 0 bridgehead atoms. The van der Waals surface area contributed by atoms with Gasteiger partial charge in [0, 0.05) is 19.5 Å². The van der Waals surface area contributed by atoms with Crippen LogP contribution in [0.3, 0.4) is 0 Å². The summed E-state index contributed by atoms with van der Waals surface area (Å²) in [5, 5.41) is 8.84. The van der Waals surface area contributed by atoms with Gasteiger partial charge in [0.25, 0.3) is 0 Å². The first kappa shape index (κ1) is 16.7. The van der Waals surface area contributed by atoms with Crippen molar-refractivity contribution in [1.82, 2.24) is 4.90 Å². The summed E-state index contributed by atoms with van der Waals surface area (Å²) in [4.78, 5) is 35.1. The van der Waals surface area contributed by atoms with Crippen molar-refractivity contribution in [2.24, 2.45) is 5.92 Å². The molecule has 0 spiro atoms. The van der Waals surface area contributed by atoms with Gasteiger partial charge in [-0.2, -0.15) is 0 Å². The number of hydrogen-bond donors (Lipinski definition) is 1. The van der Waals surface area contributed by atoms with E-state index in [2.05, 4.69) is 0 Å². The van der Waals surface area contributed by atoms with E-state index in [1.165, 1.54) is 4.90 Å². The lowest BCUT2D eigenvalue weighted by Gasteiger charge is -2.31. The maximum absolute atomic E-state index is 11.7. The third kappa shape index (κ3) is 4.52. The molecule has 6 nitrogen and oxygen atoms in total. The van der Waals surface area contributed by atoms with E-state index >= 15 is 0 Å². The molecule has 0 radical (unpaired) electrons. The Kier molecular flexibility index (Phi) is 5.60. The normalized spacial score (nSPS) is 20.1. The number of aliphatic carboxylic acids is 1. The number of hydrogen-bond acceptors (Lipinski definition) is 4. The molecule has 0 saturated carbocycles. The van der Waals surface area contributed by atoms with Crippen LogP contribution in [0.5, 0.6) is 0 Å². The molecule has 1 rings (SSSR count). The molecule has 1 heterocycles. The van der Waals surface area contributed by atoms with Crippen LogP contribution >= 0.6 is 12.4 Å². The quantitative estimate of drug-likeness (QED) is 0.732. The SMILES string of the molecule is CC(C)(C)OC(=O)N1CCC(=O)C(C(=O)O)C1.Cl. The molecule has 104 valence electrons. The molecule has 1 amide bonds. The average Bonchev–Trinajstić information content (AvgIpc) is 2.14. The lowest BCUT2D eigenvalue weighted by atomic mass is 9.97. The van der Waals surface area contributed by atoms with Gasteiger partial charge in [0.15, 0.2) is 5.78 Å². The first-order chi connectivity index (χ1) is 7.70. The first-order valence-corrected chi connectivity index (χ1v) is 5.44. The average molecular weight is 280 g/mol. The number of likely N-dealkylation sites (tertiary alicyclic amines) is 1. The molecule has 1 aliphatic rings. The molecule has 1 atom stereocenters. The van der Waals surface area contributed by atoms with Gasteiger partial charge in [0.1, 0.15) is 11.5 Å². The van der Waals surface area contributed by atoms with Crippen molar-refractivity contribution in [1.29, 1.82) is 0 Å². The highest BCUT2D eigenvalue weighted by Crippen LogP contribution is 2.17. The summed E-state index contributed by atoms with van der Waals surface area (Å²) in [7, 11) is 0. The highest BCUT2D eigenvalue weighted by atomic mass is 35.5. The fourth-order valence-corrected chi connectivity index (χ4v) is 1.54. The van der Waals surface area contributed by atoms with Crippen LogP contribution in [0.1, 0.15) is 27.2 Å². The second kappa shape index (κ2) is 6.04. The maximum atomic E-state index is 11.7. The molecule has 18 heavy (non-hydrogen) atoms. The van der Waals surface area contributed by atoms with Crippen molar-refractivity contribution >= 4 is 30.3 Å². The number of carboxylic acids is 1. The third-order valence-corrected chi connectivity index (χ3v) is 2.37. The summed E-state index contributed by atoms with van der Waals surface area (Å²) in [5.41, 5.74) is -0.628. The number of amides is 1. The fraction of sp³-hybridized carbons (Fsp3) is 0.727. The zero-order valence-corrected chi connectivity index (χ0v) is 11.5. The zero-order chi connectivity index (χ0) is 13.2. The molecular formula is C11H18ClNO5. The van der Waals surface area contributed by atoms with Crippen LogP contribution in [0.15, 0.2) is 0 Å². The number of carboxylic acid groups (broad SMARTS) is 1. The van der Waals surface area contributed by atoms with Crippen LogP contribution in [0, 0.1) is 5.92 Å². The summed E-state index contributed by atoms with van der Waals surface area (Å²) in [6.45, 7) is 5.30. The van der Waals surface area contributed by atoms with Gasteiger partial charge in [-0.1, -0.05) is 0 Å². The Morgan fingerprint density at radius 2 is 1.94 bits per heavy atom.